The van der Waals surface area contributed by atoms with Crippen molar-refractivity contribution in [2.24, 2.45) is 0 Å². The van der Waals surface area contributed by atoms with Crippen molar-refractivity contribution in [3.05, 3.63) is 64.1 Å². The summed E-state index contributed by atoms with van der Waals surface area (Å²) in [5, 5.41) is 3.37. The molecule has 0 aliphatic rings. The molecule has 120 valence electrons. The second-order valence-corrected chi connectivity index (χ2v) is 6.46. The molecule has 1 heterocycles. The first-order chi connectivity index (χ1) is 11.1. The summed E-state index contributed by atoms with van der Waals surface area (Å²) in [6, 6.07) is 13.3. The van der Waals surface area contributed by atoms with Gasteiger partial charge in [-0.05, 0) is 38.1 Å². The minimum atomic E-state index is -0.205. The summed E-state index contributed by atoms with van der Waals surface area (Å²) in [6.07, 6.45) is 0. The standard InChI is InChI=1S/C18H19BrFN3/c1-3-23-17-7-5-4-6-16(17)22-18(23)12(2)21-11-13-8-9-14(19)10-15(13)20/h4-10,12,21H,3,11H2,1-2H3. The zero-order valence-corrected chi connectivity index (χ0v) is 14.8. The third-order valence-corrected chi connectivity index (χ3v) is 4.49. The molecule has 0 spiro atoms. The molecule has 1 aromatic heterocycles. The summed E-state index contributed by atoms with van der Waals surface area (Å²) in [6.45, 7) is 5.49. The Bertz CT molecular complexity index is 828. The van der Waals surface area contributed by atoms with E-state index in [-0.39, 0.29) is 11.9 Å². The summed E-state index contributed by atoms with van der Waals surface area (Å²) >= 11 is 3.28. The highest BCUT2D eigenvalue weighted by atomic mass is 79.9. The summed E-state index contributed by atoms with van der Waals surface area (Å²) in [5.41, 5.74) is 2.78. The van der Waals surface area contributed by atoms with Crippen LogP contribution < -0.4 is 5.32 Å². The largest absolute Gasteiger partial charge is 0.327 e. The van der Waals surface area contributed by atoms with E-state index in [4.69, 9.17) is 4.98 Å². The van der Waals surface area contributed by atoms with Gasteiger partial charge in [-0.15, -0.1) is 0 Å². The number of benzene rings is 2. The van der Waals surface area contributed by atoms with Crippen molar-refractivity contribution in [3.63, 3.8) is 0 Å². The molecule has 0 radical (unpaired) electrons. The third kappa shape index (κ3) is 3.31. The molecule has 1 atom stereocenters. The van der Waals surface area contributed by atoms with Crippen LogP contribution in [-0.2, 0) is 13.1 Å². The van der Waals surface area contributed by atoms with Crippen molar-refractivity contribution < 1.29 is 4.39 Å². The van der Waals surface area contributed by atoms with E-state index in [0.717, 1.165) is 27.9 Å². The third-order valence-electron chi connectivity index (χ3n) is 4.00. The highest BCUT2D eigenvalue weighted by Gasteiger charge is 2.15. The quantitative estimate of drug-likeness (QED) is 0.693. The predicted molar refractivity (Wildman–Crippen MR) is 94.8 cm³/mol. The van der Waals surface area contributed by atoms with Crippen LogP contribution in [0.5, 0.6) is 0 Å². The number of nitrogens with zero attached hydrogens (tertiary/aromatic N) is 2. The lowest BCUT2D eigenvalue weighted by molar-refractivity contribution is 0.507. The van der Waals surface area contributed by atoms with E-state index in [2.05, 4.69) is 45.7 Å². The molecular weight excluding hydrogens is 357 g/mol. The molecule has 0 saturated heterocycles. The Labute approximate surface area is 143 Å². The smallest absolute Gasteiger partial charge is 0.128 e. The van der Waals surface area contributed by atoms with Crippen LogP contribution in [-0.4, -0.2) is 9.55 Å². The fourth-order valence-corrected chi connectivity index (χ4v) is 3.11. The Kier molecular flexibility index (Phi) is 4.78. The van der Waals surface area contributed by atoms with Crippen molar-refractivity contribution in [1.29, 1.82) is 0 Å². The van der Waals surface area contributed by atoms with Crippen molar-refractivity contribution >= 4 is 27.0 Å². The summed E-state index contributed by atoms with van der Waals surface area (Å²) in [5.74, 6) is 0.772. The first-order valence-corrected chi connectivity index (χ1v) is 8.52. The van der Waals surface area contributed by atoms with E-state index in [0.29, 0.717) is 12.1 Å². The number of para-hydroxylation sites is 2. The number of rotatable bonds is 5. The Morgan fingerprint density at radius 3 is 2.78 bits per heavy atom. The maximum Gasteiger partial charge on any atom is 0.128 e. The van der Waals surface area contributed by atoms with Crippen LogP contribution >= 0.6 is 15.9 Å². The van der Waals surface area contributed by atoms with E-state index in [1.807, 2.05) is 24.3 Å². The van der Waals surface area contributed by atoms with Gasteiger partial charge in [0.25, 0.3) is 0 Å². The highest BCUT2D eigenvalue weighted by Crippen LogP contribution is 2.21. The number of nitrogens with one attached hydrogen (secondary N) is 1. The second-order valence-electron chi connectivity index (χ2n) is 5.54. The Balaban J connectivity index is 1.82. The number of halogens is 2. The molecule has 0 amide bonds. The SMILES string of the molecule is CCn1c(C(C)NCc2ccc(Br)cc2F)nc2ccccc21. The van der Waals surface area contributed by atoms with Gasteiger partial charge in [0.2, 0.25) is 0 Å². The number of aromatic nitrogens is 2. The number of hydrogen-bond donors (Lipinski definition) is 1. The van der Waals surface area contributed by atoms with E-state index < -0.39 is 0 Å². The minimum absolute atomic E-state index is 0.0328. The van der Waals surface area contributed by atoms with Gasteiger partial charge < -0.3 is 9.88 Å². The van der Waals surface area contributed by atoms with Crippen LogP contribution in [0.25, 0.3) is 11.0 Å². The zero-order chi connectivity index (χ0) is 16.4. The van der Waals surface area contributed by atoms with Gasteiger partial charge in [0.15, 0.2) is 0 Å². The molecule has 1 N–H and O–H groups in total. The minimum Gasteiger partial charge on any atom is -0.327 e. The fourth-order valence-electron chi connectivity index (χ4n) is 2.78. The summed E-state index contributed by atoms with van der Waals surface area (Å²) in [7, 11) is 0. The molecule has 3 nitrogen and oxygen atoms in total. The van der Waals surface area contributed by atoms with Gasteiger partial charge in [0.1, 0.15) is 11.6 Å². The molecule has 23 heavy (non-hydrogen) atoms. The fraction of sp³-hybridized carbons (Fsp3) is 0.278. The van der Waals surface area contributed by atoms with Crippen molar-refractivity contribution in [1.82, 2.24) is 14.9 Å². The Morgan fingerprint density at radius 2 is 2.04 bits per heavy atom. The van der Waals surface area contributed by atoms with E-state index in [9.17, 15) is 4.39 Å². The average molecular weight is 376 g/mol. The van der Waals surface area contributed by atoms with E-state index in [1.165, 1.54) is 6.07 Å². The normalized spacial score (nSPS) is 12.7. The van der Waals surface area contributed by atoms with E-state index in [1.54, 1.807) is 6.07 Å². The molecule has 2 aromatic carbocycles. The van der Waals surface area contributed by atoms with Gasteiger partial charge in [-0.25, -0.2) is 9.37 Å². The highest BCUT2D eigenvalue weighted by molar-refractivity contribution is 9.10. The second kappa shape index (κ2) is 6.81. The van der Waals surface area contributed by atoms with Gasteiger partial charge in [-0.1, -0.05) is 34.1 Å². The topological polar surface area (TPSA) is 29.9 Å². The lowest BCUT2D eigenvalue weighted by atomic mass is 10.2. The van der Waals surface area contributed by atoms with Crippen LogP contribution in [0, 0.1) is 5.82 Å². The van der Waals surface area contributed by atoms with Crippen LogP contribution in [0.4, 0.5) is 4.39 Å². The molecule has 3 rings (SSSR count). The molecule has 0 aliphatic heterocycles. The van der Waals surface area contributed by atoms with Gasteiger partial charge >= 0.3 is 0 Å². The van der Waals surface area contributed by atoms with Gasteiger partial charge in [0, 0.05) is 23.1 Å². The van der Waals surface area contributed by atoms with Gasteiger partial charge in [0.05, 0.1) is 17.1 Å². The maximum absolute atomic E-state index is 13.9. The molecular formula is C18H19BrFN3. The zero-order valence-electron chi connectivity index (χ0n) is 13.2. The van der Waals surface area contributed by atoms with Crippen molar-refractivity contribution in [2.45, 2.75) is 33.0 Å². The van der Waals surface area contributed by atoms with E-state index >= 15 is 0 Å². The van der Waals surface area contributed by atoms with Crippen LogP contribution in [0.2, 0.25) is 0 Å². The molecule has 1 unspecified atom stereocenters. The van der Waals surface area contributed by atoms with Gasteiger partial charge in [-0.2, -0.15) is 0 Å². The maximum atomic E-state index is 13.9. The van der Waals surface area contributed by atoms with Crippen LogP contribution in [0.3, 0.4) is 0 Å². The Morgan fingerprint density at radius 1 is 1.26 bits per heavy atom. The molecule has 0 bridgehead atoms. The van der Waals surface area contributed by atoms with Gasteiger partial charge in [-0.3, -0.25) is 0 Å². The number of fused-ring (bicyclic) bond motifs is 1. The molecule has 5 heteroatoms. The van der Waals surface area contributed by atoms with Crippen molar-refractivity contribution in [2.75, 3.05) is 0 Å². The average Bonchev–Trinajstić information content (AvgIpc) is 2.92. The predicted octanol–water partition coefficient (Wildman–Crippen LogP) is 4.81. The van der Waals surface area contributed by atoms with Crippen LogP contribution in [0.15, 0.2) is 46.9 Å². The first-order valence-electron chi connectivity index (χ1n) is 7.72. The monoisotopic (exact) mass is 375 g/mol. The molecule has 3 aromatic rings. The number of aryl methyl sites for hydroxylation is 1. The number of imidazole rings is 1. The number of hydrogen-bond acceptors (Lipinski definition) is 2. The summed E-state index contributed by atoms with van der Waals surface area (Å²) in [4.78, 5) is 4.73. The van der Waals surface area contributed by atoms with Crippen LogP contribution in [0.1, 0.15) is 31.3 Å². The Hall–Kier alpha value is -1.72. The first kappa shape index (κ1) is 16.1. The molecule has 0 saturated carbocycles. The summed E-state index contributed by atoms with van der Waals surface area (Å²) < 4.78 is 16.9. The lowest BCUT2D eigenvalue weighted by Gasteiger charge is -2.15. The lowest BCUT2D eigenvalue weighted by Crippen LogP contribution is -2.22. The molecule has 0 fully saturated rings. The molecule has 0 aliphatic carbocycles. The van der Waals surface area contributed by atoms with Crippen molar-refractivity contribution in [3.8, 4) is 0 Å².